The van der Waals surface area contributed by atoms with Crippen LogP contribution in [-0.4, -0.2) is 32.5 Å². The smallest absolute Gasteiger partial charge is 0.320 e. The van der Waals surface area contributed by atoms with E-state index < -0.39 is 0 Å². The lowest BCUT2D eigenvalue weighted by Gasteiger charge is -2.07. The summed E-state index contributed by atoms with van der Waals surface area (Å²) < 4.78 is 0. The van der Waals surface area contributed by atoms with Crippen LogP contribution in [0, 0.1) is 6.92 Å². The minimum Gasteiger partial charge on any atom is -0.338 e. The molecular weight excluding hydrogens is 336 g/mol. The summed E-state index contributed by atoms with van der Waals surface area (Å²) in [6.45, 7) is 4.73. The second-order valence-corrected chi connectivity index (χ2v) is 6.70. The summed E-state index contributed by atoms with van der Waals surface area (Å²) in [7, 11) is 0. The first-order valence-electron chi connectivity index (χ1n) is 8.27. The van der Waals surface area contributed by atoms with Gasteiger partial charge in [-0.05, 0) is 25.5 Å². The van der Waals surface area contributed by atoms with E-state index in [1.807, 2.05) is 12.3 Å². The summed E-state index contributed by atoms with van der Waals surface area (Å²) >= 11 is 1.56. The first kappa shape index (κ1) is 17.2. The predicted octanol–water partition coefficient (Wildman–Crippen LogP) is 3.77. The molecule has 2 amide bonds. The highest BCUT2D eigenvalue weighted by Crippen LogP contribution is 2.21. The Morgan fingerprint density at radius 2 is 2.04 bits per heavy atom. The molecule has 3 aromatic heterocycles. The Morgan fingerprint density at radius 3 is 2.80 bits per heavy atom. The molecule has 0 saturated carbocycles. The first-order chi connectivity index (χ1) is 12.2. The molecule has 2 N–H and O–H groups in total. The molecule has 3 aromatic rings. The third-order valence-electron chi connectivity index (χ3n) is 3.60. The lowest BCUT2D eigenvalue weighted by Crippen LogP contribution is -2.29. The number of hydrogen-bond acceptors (Lipinski definition) is 6. The van der Waals surface area contributed by atoms with Crippen LogP contribution in [0.5, 0.6) is 0 Å². The van der Waals surface area contributed by atoms with Gasteiger partial charge in [0.05, 0.1) is 11.2 Å². The number of carbonyl (C=O) groups excluding carboxylic acids is 1. The standard InChI is InChI=1S/C17H20N6OS/c1-3-4-5-8-18-17(24)23-15-7-6-12-16(22-15)21-13(9-19-12)14-10-25-11(2)20-14/h6-7,9-10H,3-5,8H2,1-2H3,(H2,18,21,22,23,24). The van der Waals surface area contributed by atoms with E-state index in [-0.39, 0.29) is 6.03 Å². The number of nitrogens with one attached hydrogen (secondary N) is 2. The quantitative estimate of drug-likeness (QED) is 0.656. The Hall–Kier alpha value is -2.61. The van der Waals surface area contributed by atoms with Crippen LogP contribution in [0.25, 0.3) is 22.6 Å². The Kier molecular flexibility index (Phi) is 5.49. The van der Waals surface area contributed by atoms with Gasteiger partial charge >= 0.3 is 6.03 Å². The number of nitrogens with zero attached hydrogens (tertiary/aromatic N) is 4. The van der Waals surface area contributed by atoms with Crippen LogP contribution < -0.4 is 10.6 Å². The zero-order valence-electron chi connectivity index (χ0n) is 14.2. The van der Waals surface area contributed by atoms with E-state index in [0.717, 1.165) is 30.0 Å². The van der Waals surface area contributed by atoms with E-state index in [0.29, 0.717) is 29.2 Å². The molecule has 0 aliphatic heterocycles. The van der Waals surface area contributed by atoms with Crippen molar-refractivity contribution in [2.75, 3.05) is 11.9 Å². The molecule has 0 bridgehead atoms. The van der Waals surface area contributed by atoms with Crippen molar-refractivity contribution in [2.45, 2.75) is 33.1 Å². The molecule has 0 radical (unpaired) electrons. The number of anilines is 1. The van der Waals surface area contributed by atoms with Crippen LogP contribution >= 0.6 is 11.3 Å². The number of aromatic nitrogens is 4. The van der Waals surface area contributed by atoms with Gasteiger partial charge in [-0.1, -0.05) is 19.8 Å². The van der Waals surface area contributed by atoms with Crippen molar-refractivity contribution in [2.24, 2.45) is 0 Å². The molecule has 0 spiro atoms. The maximum atomic E-state index is 11.9. The van der Waals surface area contributed by atoms with Gasteiger partial charge < -0.3 is 5.32 Å². The van der Waals surface area contributed by atoms with Gasteiger partial charge in [-0.15, -0.1) is 11.3 Å². The van der Waals surface area contributed by atoms with Crippen LogP contribution in [0.2, 0.25) is 0 Å². The highest BCUT2D eigenvalue weighted by Gasteiger charge is 2.09. The number of rotatable bonds is 6. The van der Waals surface area contributed by atoms with Crippen LogP contribution in [-0.2, 0) is 0 Å². The van der Waals surface area contributed by atoms with E-state index in [1.54, 1.807) is 29.7 Å². The highest BCUT2D eigenvalue weighted by molar-refractivity contribution is 7.09. The SMILES string of the molecule is CCCCCNC(=O)Nc1ccc2ncc(-c3csc(C)n3)nc2n1. The van der Waals surface area contributed by atoms with Gasteiger partial charge in [-0.2, -0.15) is 0 Å². The van der Waals surface area contributed by atoms with Crippen molar-refractivity contribution < 1.29 is 4.79 Å². The third-order valence-corrected chi connectivity index (χ3v) is 4.37. The molecule has 0 atom stereocenters. The van der Waals surface area contributed by atoms with Crippen LogP contribution in [0.15, 0.2) is 23.7 Å². The first-order valence-corrected chi connectivity index (χ1v) is 9.15. The fourth-order valence-electron chi connectivity index (χ4n) is 2.31. The van der Waals surface area contributed by atoms with E-state index in [4.69, 9.17) is 0 Å². The summed E-state index contributed by atoms with van der Waals surface area (Å²) in [6.07, 6.45) is 4.88. The number of unbranched alkanes of at least 4 members (excludes halogenated alkanes) is 2. The Labute approximate surface area is 150 Å². The number of aryl methyl sites for hydroxylation is 1. The maximum absolute atomic E-state index is 11.9. The van der Waals surface area contributed by atoms with Gasteiger partial charge in [-0.25, -0.2) is 19.7 Å². The fourth-order valence-corrected chi connectivity index (χ4v) is 2.92. The molecule has 0 saturated heterocycles. The Balaban J connectivity index is 1.73. The molecular formula is C17H20N6OS. The van der Waals surface area contributed by atoms with Gasteiger partial charge in [0.2, 0.25) is 0 Å². The van der Waals surface area contributed by atoms with Gasteiger partial charge in [0.1, 0.15) is 22.7 Å². The largest absolute Gasteiger partial charge is 0.338 e. The maximum Gasteiger partial charge on any atom is 0.320 e. The molecule has 7 nitrogen and oxygen atoms in total. The van der Waals surface area contributed by atoms with Crippen molar-refractivity contribution in [3.8, 4) is 11.4 Å². The van der Waals surface area contributed by atoms with Crippen LogP contribution in [0.1, 0.15) is 31.2 Å². The van der Waals surface area contributed by atoms with Crippen molar-refractivity contribution in [1.29, 1.82) is 0 Å². The number of carbonyl (C=O) groups is 1. The van der Waals surface area contributed by atoms with Gasteiger partial charge in [-0.3, -0.25) is 10.3 Å². The van der Waals surface area contributed by atoms with Gasteiger partial charge in [0, 0.05) is 11.9 Å². The van der Waals surface area contributed by atoms with Crippen molar-refractivity contribution in [1.82, 2.24) is 25.3 Å². The summed E-state index contributed by atoms with van der Waals surface area (Å²) in [5, 5.41) is 8.46. The average Bonchev–Trinajstić information content (AvgIpc) is 3.04. The van der Waals surface area contributed by atoms with Crippen molar-refractivity contribution >= 4 is 34.3 Å². The third kappa shape index (κ3) is 4.48. The number of pyridine rings is 1. The van der Waals surface area contributed by atoms with Crippen LogP contribution in [0.4, 0.5) is 10.6 Å². The average molecular weight is 356 g/mol. The molecule has 25 heavy (non-hydrogen) atoms. The zero-order chi connectivity index (χ0) is 17.6. The number of hydrogen-bond donors (Lipinski definition) is 2. The molecule has 0 unspecified atom stereocenters. The lowest BCUT2D eigenvalue weighted by atomic mass is 10.2. The zero-order valence-corrected chi connectivity index (χ0v) is 15.1. The summed E-state index contributed by atoms with van der Waals surface area (Å²) in [5.41, 5.74) is 2.60. The number of thiazole rings is 1. The number of fused-ring (bicyclic) bond motifs is 1. The van der Waals surface area contributed by atoms with Gasteiger partial charge in [0.15, 0.2) is 5.65 Å². The summed E-state index contributed by atoms with van der Waals surface area (Å²) in [4.78, 5) is 29.6. The molecule has 8 heteroatoms. The highest BCUT2D eigenvalue weighted by atomic mass is 32.1. The topological polar surface area (TPSA) is 92.7 Å². The summed E-state index contributed by atoms with van der Waals surface area (Å²) in [5.74, 6) is 0.446. The molecule has 0 aliphatic carbocycles. The van der Waals surface area contributed by atoms with Crippen molar-refractivity contribution in [3.63, 3.8) is 0 Å². The molecule has 3 heterocycles. The van der Waals surface area contributed by atoms with E-state index in [1.165, 1.54) is 0 Å². The molecule has 0 aromatic carbocycles. The second kappa shape index (κ2) is 7.98. The van der Waals surface area contributed by atoms with Gasteiger partial charge in [0.25, 0.3) is 0 Å². The Bertz CT molecular complexity index is 878. The molecule has 3 rings (SSSR count). The molecule has 130 valence electrons. The van der Waals surface area contributed by atoms with E-state index >= 15 is 0 Å². The summed E-state index contributed by atoms with van der Waals surface area (Å²) in [6, 6.07) is 3.25. The normalized spacial score (nSPS) is 10.8. The molecule has 0 fully saturated rings. The number of amides is 2. The predicted molar refractivity (Wildman–Crippen MR) is 99.7 cm³/mol. The van der Waals surface area contributed by atoms with Crippen LogP contribution in [0.3, 0.4) is 0 Å². The molecule has 0 aliphatic rings. The lowest BCUT2D eigenvalue weighted by molar-refractivity contribution is 0.252. The monoisotopic (exact) mass is 356 g/mol. The fraction of sp³-hybridized carbons (Fsp3) is 0.353. The van der Waals surface area contributed by atoms with E-state index in [2.05, 4.69) is 37.5 Å². The minimum atomic E-state index is -0.262. The van der Waals surface area contributed by atoms with E-state index in [9.17, 15) is 4.79 Å². The van der Waals surface area contributed by atoms with Crippen molar-refractivity contribution in [3.05, 3.63) is 28.7 Å². The minimum absolute atomic E-state index is 0.262. The number of urea groups is 1. The Morgan fingerprint density at radius 1 is 1.16 bits per heavy atom. The second-order valence-electron chi connectivity index (χ2n) is 5.63.